The summed E-state index contributed by atoms with van der Waals surface area (Å²) < 4.78 is 41.7. The molecule has 1 aliphatic heterocycles. The molecule has 2 rings (SSSR count). The first-order valence-electron chi connectivity index (χ1n) is 7.95. The Balaban J connectivity index is 0.00000312. The van der Waals surface area contributed by atoms with E-state index in [4.69, 9.17) is 4.74 Å². The zero-order chi connectivity index (χ0) is 17.6. The Morgan fingerprint density at radius 2 is 2.20 bits per heavy atom. The molecule has 1 aromatic carbocycles. The second kappa shape index (κ2) is 10.1. The smallest absolute Gasteiger partial charge is 0.191 e. The quantitative estimate of drug-likeness (QED) is 0.365. The first-order chi connectivity index (χ1) is 11.4. The van der Waals surface area contributed by atoms with Gasteiger partial charge in [0.25, 0.3) is 0 Å². The van der Waals surface area contributed by atoms with E-state index in [-0.39, 0.29) is 53.3 Å². The summed E-state index contributed by atoms with van der Waals surface area (Å²) in [7, 11) is -1.21. The molecule has 0 aromatic heterocycles. The van der Waals surface area contributed by atoms with Crippen molar-refractivity contribution in [1.82, 2.24) is 10.6 Å². The fraction of sp³-hybridized carbons (Fsp3) is 0.562. The predicted molar refractivity (Wildman–Crippen MR) is 108 cm³/mol. The number of hydrogen-bond acceptors (Lipinski definition) is 4. The molecule has 0 spiro atoms. The molecule has 1 aliphatic rings. The Hall–Kier alpha value is -1.10. The van der Waals surface area contributed by atoms with Crippen molar-refractivity contribution in [1.29, 1.82) is 0 Å². The van der Waals surface area contributed by atoms with Crippen LogP contribution >= 0.6 is 24.0 Å². The molecule has 1 saturated heterocycles. The van der Waals surface area contributed by atoms with Gasteiger partial charge in [0.1, 0.15) is 17.7 Å². The van der Waals surface area contributed by atoms with Crippen LogP contribution in [-0.2, 0) is 9.84 Å². The van der Waals surface area contributed by atoms with Gasteiger partial charge in [-0.15, -0.1) is 24.0 Å². The van der Waals surface area contributed by atoms with Crippen molar-refractivity contribution in [3.63, 3.8) is 0 Å². The van der Waals surface area contributed by atoms with Crippen LogP contribution < -0.4 is 15.4 Å². The molecule has 25 heavy (non-hydrogen) atoms. The van der Waals surface area contributed by atoms with Gasteiger partial charge in [-0.1, -0.05) is 6.07 Å². The normalized spacial score (nSPS) is 20.4. The molecule has 1 fully saturated rings. The minimum Gasteiger partial charge on any atom is -0.489 e. The molecular weight excluding hydrogens is 460 g/mol. The van der Waals surface area contributed by atoms with Gasteiger partial charge in [-0.05, 0) is 31.4 Å². The Kier molecular flexibility index (Phi) is 8.91. The number of rotatable bonds is 6. The first-order valence-corrected chi connectivity index (χ1v) is 9.77. The predicted octanol–water partition coefficient (Wildman–Crippen LogP) is 1.81. The van der Waals surface area contributed by atoms with Crippen molar-refractivity contribution < 1.29 is 17.5 Å². The molecule has 6 nitrogen and oxygen atoms in total. The van der Waals surface area contributed by atoms with Crippen LogP contribution in [0.4, 0.5) is 4.39 Å². The lowest BCUT2D eigenvalue weighted by Gasteiger charge is -2.18. The third-order valence-electron chi connectivity index (χ3n) is 3.80. The molecule has 2 unspecified atom stereocenters. The van der Waals surface area contributed by atoms with Crippen LogP contribution in [0.25, 0.3) is 0 Å². The van der Waals surface area contributed by atoms with Crippen LogP contribution in [0.2, 0.25) is 0 Å². The maximum absolute atomic E-state index is 13.1. The maximum atomic E-state index is 13.1. The molecule has 0 saturated carbocycles. The molecule has 9 heteroatoms. The number of hydrogen-bond donors (Lipinski definition) is 2. The van der Waals surface area contributed by atoms with E-state index < -0.39 is 9.84 Å². The highest BCUT2D eigenvalue weighted by atomic mass is 127. The van der Waals surface area contributed by atoms with Gasteiger partial charge in [0, 0.05) is 19.7 Å². The van der Waals surface area contributed by atoms with Crippen LogP contribution in [0.5, 0.6) is 5.75 Å². The summed E-state index contributed by atoms with van der Waals surface area (Å²) in [5.41, 5.74) is 0. The van der Waals surface area contributed by atoms with Crippen molar-refractivity contribution >= 4 is 39.8 Å². The number of nitrogens with zero attached hydrogens (tertiary/aromatic N) is 1. The minimum absolute atomic E-state index is 0. The van der Waals surface area contributed by atoms with E-state index in [9.17, 15) is 12.8 Å². The third kappa shape index (κ3) is 7.76. The fourth-order valence-electron chi connectivity index (χ4n) is 2.55. The lowest BCUT2D eigenvalue weighted by molar-refractivity contribution is 0.223. The molecule has 142 valence electrons. The van der Waals surface area contributed by atoms with Crippen LogP contribution in [0.3, 0.4) is 0 Å². The van der Waals surface area contributed by atoms with Gasteiger partial charge < -0.3 is 15.4 Å². The summed E-state index contributed by atoms with van der Waals surface area (Å²) in [6, 6.07) is 6.00. The highest BCUT2D eigenvalue weighted by molar-refractivity contribution is 14.0. The first kappa shape index (κ1) is 21.9. The maximum Gasteiger partial charge on any atom is 0.191 e. The fourth-order valence-corrected chi connectivity index (χ4v) is 4.41. The topological polar surface area (TPSA) is 79.8 Å². The highest BCUT2D eigenvalue weighted by Crippen LogP contribution is 2.17. The van der Waals surface area contributed by atoms with Gasteiger partial charge in [-0.3, -0.25) is 4.99 Å². The summed E-state index contributed by atoms with van der Waals surface area (Å²) >= 11 is 0. The number of nitrogens with one attached hydrogen (secondary N) is 2. The van der Waals surface area contributed by atoms with E-state index in [1.165, 1.54) is 12.1 Å². The second-order valence-corrected chi connectivity index (χ2v) is 8.22. The van der Waals surface area contributed by atoms with Gasteiger partial charge in [-0.2, -0.15) is 0 Å². The minimum atomic E-state index is -2.86. The summed E-state index contributed by atoms with van der Waals surface area (Å²) in [4.78, 5) is 4.11. The molecule has 2 atom stereocenters. The molecule has 0 radical (unpaired) electrons. The number of benzene rings is 1. The molecule has 2 N–H and O–H groups in total. The van der Waals surface area contributed by atoms with Crippen molar-refractivity contribution in [2.45, 2.75) is 19.4 Å². The zero-order valence-corrected chi connectivity index (χ0v) is 17.5. The number of ether oxygens (including phenoxy) is 1. The zero-order valence-electron chi connectivity index (χ0n) is 14.4. The van der Waals surface area contributed by atoms with Crippen LogP contribution in [0.15, 0.2) is 29.3 Å². The highest BCUT2D eigenvalue weighted by Gasteiger charge is 2.27. The van der Waals surface area contributed by atoms with Gasteiger partial charge in [-0.25, -0.2) is 12.8 Å². The standard InChI is InChI=1S/C16H24FN3O3S.HI/c1-12(23-15-5-3-4-14(17)8-15)9-19-16(18-2)20-10-13-6-7-24(21,22)11-13;/h3-5,8,12-13H,6-7,9-11H2,1-2H3,(H2,18,19,20);1H. The van der Waals surface area contributed by atoms with E-state index in [0.29, 0.717) is 31.2 Å². The van der Waals surface area contributed by atoms with Crippen molar-refractivity contribution in [3.05, 3.63) is 30.1 Å². The Labute approximate surface area is 165 Å². The molecule has 1 heterocycles. The van der Waals surface area contributed by atoms with Gasteiger partial charge in [0.2, 0.25) is 0 Å². The lowest BCUT2D eigenvalue weighted by Crippen LogP contribution is -2.43. The molecule has 0 amide bonds. The SMILES string of the molecule is CN=C(NCC1CCS(=O)(=O)C1)NCC(C)Oc1cccc(F)c1.I. The average Bonchev–Trinajstić information content (AvgIpc) is 2.86. The number of sulfone groups is 1. The van der Waals surface area contributed by atoms with E-state index in [0.717, 1.165) is 0 Å². The Bertz CT molecular complexity index is 685. The van der Waals surface area contributed by atoms with E-state index >= 15 is 0 Å². The van der Waals surface area contributed by atoms with Gasteiger partial charge in [0.15, 0.2) is 15.8 Å². The summed E-state index contributed by atoms with van der Waals surface area (Å²) in [5.74, 6) is 1.35. The monoisotopic (exact) mass is 485 g/mol. The molecule has 1 aromatic rings. The number of aliphatic imine (C=N–C) groups is 1. The second-order valence-electron chi connectivity index (χ2n) is 5.99. The summed E-state index contributed by atoms with van der Waals surface area (Å²) in [6.07, 6.45) is 0.503. The average molecular weight is 485 g/mol. The number of halogens is 2. The van der Waals surface area contributed by atoms with Gasteiger partial charge in [0.05, 0.1) is 18.1 Å². The van der Waals surface area contributed by atoms with Crippen molar-refractivity contribution in [3.8, 4) is 5.75 Å². The Morgan fingerprint density at radius 3 is 2.80 bits per heavy atom. The van der Waals surface area contributed by atoms with Crippen LogP contribution in [0, 0.1) is 11.7 Å². The van der Waals surface area contributed by atoms with Crippen molar-refractivity contribution in [2.24, 2.45) is 10.9 Å². The Morgan fingerprint density at radius 1 is 1.44 bits per heavy atom. The molecule has 0 bridgehead atoms. The van der Waals surface area contributed by atoms with E-state index in [1.54, 1.807) is 19.2 Å². The number of guanidine groups is 1. The summed E-state index contributed by atoms with van der Waals surface area (Å²) in [6.45, 7) is 2.92. The summed E-state index contributed by atoms with van der Waals surface area (Å²) in [5, 5.41) is 6.26. The molecule has 0 aliphatic carbocycles. The van der Waals surface area contributed by atoms with Crippen LogP contribution in [-0.4, -0.2) is 52.1 Å². The largest absolute Gasteiger partial charge is 0.489 e. The van der Waals surface area contributed by atoms with Crippen molar-refractivity contribution in [2.75, 3.05) is 31.6 Å². The van der Waals surface area contributed by atoms with Crippen LogP contribution in [0.1, 0.15) is 13.3 Å². The third-order valence-corrected chi connectivity index (χ3v) is 5.64. The van der Waals surface area contributed by atoms with E-state index in [2.05, 4.69) is 15.6 Å². The molecular formula is C16H25FIN3O3S. The lowest BCUT2D eigenvalue weighted by atomic mass is 10.1. The van der Waals surface area contributed by atoms with E-state index in [1.807, 2.05) is 6.92 Å². The van der Waals surface area contributed by atoms with Gasteiger partial charge >= 0.3 is 0 Å².